The van der Waals surface area contributed by atoms with E-state index in [1.807, 2.05) is 17.5 Å². The Morgan fingerprint density at radius 1 is 1.14 bits per heavy atom. The number of nitrogens with one attached hydrogen (secondary N) is 2. The number of nitrogens with zero attached hydrogens (tertiary/aromatic N) is 3. The minimum atomic E-state index is -1.38. The molecule has 5 heterocycles. The SMILES string of the molecule is O=C(Cc1cccs1)N[C@@H]1C(=O)N2C(C(=O)O)=C(CSC(=S)NC3CCN(c4c(F)cc5c(=O)c(C(=O)O)cn(C6CC6)c5c4Cl)C3)CS[C@H]12. The summed E-state index contributed by atoms with van der Waals surface area (Å²) < 4.78 is 17.7. The first-order valence-electron chi connectivity index (χ1n) is 15.6. The van der Waals surface area contributed by atoms with Crippen molar-refractivity contribution in [3.05, 3.63) is 72.5 Å². The lowest BCUT2D eigenvalue weighted by atomic mass is 10.0. The number of rotatable bonds is 10. The van der Waals surface area contributed by atoms with Crippen LogP contribution in [0.5, 0.6) is 0 Å². The number of carbonyl (C=O) groups excluding carboxylic acids is 2. The average Bonchev–Trinajstić information content (AvgIpc) is 3.60. The van der Waals surface area contributed by atoms with E-state index in [0.717, 1.165) is 23.8 Å². The lowest BCUT2D eigenvalue weighted by Gasteiger charge is -2.49. The summed E-state index contributed by atoms with van der Waals surface area (Å²) in [5.74, 6) is -3.53. The Bertz CT molecular complexity index is 2050. The van der Waals surface area contributed by atoms with Crippen LogP contribution in [0.4, 0.5) is 10.1 Å². The van der Waals surface area contributed by atoms with E-state index in [2.05, 4.69) is 10.6 Å². The van der Waals surface area contributed by atoms with Gasteiger partial charge in [0, 0.05) is 47.8 Å². The molecule has 4 N–H and O–H groups in total. The number of β-lactam (4-membered cyclic amide) rings is 1. The van der Waals surface area contributed by atoms with Crippen LogP contribution in [0.25, 0.3) is 10.9 Å². The maximum atomic E-state index is 15.6. The van der Waals surface area contributed by atoms with Crippen LogP contribution in [0, 0.1) is 5.82 Å². The summed E-state index contributed by atoms with van der Waals surface area (Å²) >= 11 is 16.4. The van der Waals surface area contributed by atoms with E-state index in [4.69, 9.17) is 23.8 Å². The van der Waals surface area contributed by atoms with E-state index in [9.17, 15) is 34.2 Å². The zero-order chi connectivity index (χ0) is 35.4. The molecule has 262 valence electrons. The van der Waals surface area contributed by atoms with Crippen molar-refractivity contribution in [1.82, 2.24) is 20.1 Å². The first-order valence-corrected chi connectivity index (χ1v) is 19.3. The molecule has 1 aromatic carbocycles. The topological polar surface area (TPSA) is 161 Å². The van der Waals surface area contributed by atoms with Gasteiger partial charge in [0.1, 0.15) is 32.8 Å². The molecular weight excluding hydrogens is 749 g/mol. The lowest BCUT2D eigenvalue weighted by Crippen LogP contribution is -2.70. The average molecular weight is 778 g/mol. The normalized spacial score (nSPS) is 21.6. The molecule has 1 aliphatic carbocycles. The Morgan fingerprint density at radius 3 is 2.60 bits per heavy atom. The molecule has 18 heteroatoms. The third-order valence-corrected chi connectivity index (χ3v) is 13.0. The molecule has 2 amide bonds. The zero-order valence-corrected chi connectivity index (χ0v) is 30.0. The van der Waals surface area contributed by atoms with Gasteiger partial charge in [-0.15, -0.1) is 23.1 Å². The number of thioether (sulfide) groups is 2. The van der Waals surface area contributed by atoms with Gasteiger partial charge in [0.2, 0.25) is 11.3 Å². The fraction of sp³-hybridized carbons (Fsp3) is 0.375. The molecule has 0 bridgehead atoms. The Balaban J connectivity index is 0.994. The molecule has 3 atom stereocenters. The van der Waals surface area contributed by atoms with Crippen LogP contribution >= 0.6 is 58.7 Å². The van der Waals surface area contributed by atoms with Crippen molar-refractivity contribution in [3.8, 4) is 0 Å². The Morgan fingerprint density at radius 2 is 1.92 bits per heavy atom. The minimum absolute atomic E-state index is 0.0253. The van der Waals surface area contributed by atoms with Gasteiger partial charge in [-0.05, 0) is 42.3 Å². The van der Waals surface area contributed by atoms with Crippen LogP contribution in [0.3, 0.4) is 0 Å². The summed E-state index contributed by atoms with van der Waals surface area (Å²) in [7, 11) is 0. The van der Waals surface area contributed by atoms with E-state index < -0.39 is 46.1 Å². The van der Waals surface area contributed by atoms with Crippen molar-refractivity contribution >= 4 is 103 Å². The van der Waals surface area contributed by atoms with Gasteiger partial charge >= 0.3 is 11.9 Å². The van der Waals surface area contributed by atoms with Gasteiger partial charge in [-0.3, -0.25) is 19.3 Å². The molecule has 7 rings (SSSR count). The van der Waals surface area contributed by atoms with E-state index in [-0.39, 0.29) is 52.0 Å². The monoisotopic (exact) mass is 777 g/mol. The number of pyridine rings is 1. The Kier molecular flexibility index (Phi) is 9.62. The highest BCUT2D eigenvalue weighted by atomic mass is 35.5. The minimum Gasteiger partial charge on any atom is -0.477 e. The summed E-state index contributed by atoms with van der Waals surface area (Å²) in [6.45, 7) is 0.772. The second-order valence-electron chi connectivity index (χ2n) is 12.4. The molecule has 3 aliphatic heterocycles. The van der Waals surface area contributed by atoms with Gasteiger partial charge in [0.05, 0.1) is 28.0 Å². The number of hydrogen-bond acceptors (Lipinski definition) is 10. The highest BCUT2D eigenvalue weighted by molar-refractivity contribution is 8.23. The molecule has 2 saturated heterocycles. The van der Waals surface area contributed by atoms with Gasteiger partial charge in [-0.25, -0.2) is 14.0 Å². The first-order chi connectivity index (χ1) is 23.9. The number of fused-ring (bicyclic) bond motifs is 2. The molecular formula is C32H29ClFN5O7S4. The summed E-state index contributed by atoms with van der Waals surface area (Å²) in [4.78, 5) is 66.3. The maximum Gasteiger partial charge on any atom is 0.352 e. The number of aliphatic carboxylic acids is 1. The molecule has 1 saturated carbocycles. The largest absolute Gasteiger partial charge is 0.477 e. The molecule has 3 fully saturated rings. The number of carbonyl (C=O) groups is 4. The van der Waals surface area contributed by atoms with E-state index in [0.29, 0.717) is 40.7 Å². The second-order valence-corrected chi connectivity index (χ2v) is 16.5. The Hall–Kier alpha value is -3.64. The number of halogens is 2. The lowest BCUT2D eigenvalue weighted by molar-refractivity contribution is -0.150. The predicted octanol–water partition coefficient (Wildman–Crippen LogP) is 4.06. The standard InChI is InChI=1S/C32H29ClFN5O7S4/c33-22-25-18(27(41)19(30(43)44)11-38(25)16-3-4-16)9-20(34)26(22)37-6-5-15(10-37)35-32(47)50-13-14-12-49-29-23(28(42)39(29)24(14)31(45)46)36-21(40)8-17-2-1-7-48-17/h1-2,7,9,11,15-16,23,29H,3-6,8,10,12-13H2,(H,35,47)(H,36,40)(H,43,44)(H,45,46)/t15?,23-,29-/m1/s1. The number of amides is 2. The van der Waals surface area contributed by atoms with Crippen LogP contribution in [-0.2, 0) is 20.8 Å². The summed E-state index contributed by atoms with van der Waals surface area (Å²) in [5.41, 5.74) is -0.337. The zero-order valence-electron chi connectivity index (χ0n) is 26.0. The molecule has 0 radical (unpaired) electrons. The number of thiophene rings is 1. The van der Waals surface area contributed by atoms with Gasteiger partial charge in [0.15, 0.2) is 0 Å². The van der Waals surface area contributed by atoms with Crippen molar-refractivity contribution in [2.24, 2.45) is 0 Å². The first kappa shape index (κ1) is 34.8. The number of benzene rings is 1. The number of thiocarbonyl (C=S) groups is 1. The molecule has 4 aliphatic rings. The van der Waals surface area contributed by atoms with E-state index in [1.165, 1.54) is 46.0 Å². The number of carboxylic acids is 2. The van der Waals surface area contributed by atoms with Crippen LogP contribution in [-0.4, -0.2) is 89.8 Å². The third kappa shape index (κ3) is 6.49. The summed E-state index contributed by atoms with van der Waals surface area (Å²) in [5, 5.41) is 26.9. The smallest absolute Gasteiger partial charge is 0.352 e. The van der Waals surface area contributed by atoms with Gasteiger partial charge < -0.3 is 30.3 Å². The number of hydrogen-bond donors (Lipinski definition) is 4. The second kappa shape index (κ2) is 13.8. The van der Waals surface area contributed by atoms with Crippen LogP contribution in [0.1, 0.15) is 40.5 Å². The van der Waals surface area contributed by atoms with Crippen LogP contribution < -0.4 is 21.0 Å². The molecule has 2 aromatic heterocycles. The van der Waals surface area contributed by atoms with Crippen molar-refractivity contribution in [2.45, 2.75) is 49.2 Å². The van der Waals surface area contributed by atoms with Crippen molar-refractivity contribution in [3.63, 3.8) is 0 Å². The summed E-state index contributed by atoms with van der Waals surface area (Å²) in [6, 6.07) is 3.73. The van der Waals surface area contributed by atoms with Crippen molar-refractivity contribution in [1.29, 1.82) is 0 Å². The number of anilines is 1. The van der Waals surface area contributed by atoms with Crippen molar-refractivity contribution < 1.29 is 33.8 Å². The maximum absolute atomic E-state index is 15.6. The van der Waals surface area contributed by atoms with Gasteiger partial charge in [0.25, 0.3) is 5.91 Å². The molecule has 0 spiro atoms. The molecule has 12 nitrogen and oxygen atoms in total. The fourth-order valence-electron chi connectivity index (χ4n) is 6.55. The predicted molar refractivity (Wildman–Crippen MR) is 195 cm³/mol. The molecule has 1 unspecified atom stereocenters. The fourth-order valence-corrected chi connectivity index (χ4v) is 10.3. The third-order valence-electron chi connectivity index (χ3n) is 9.04. The van der Waals surface area contributed by atoms with Crippen LogP contribution in [0.2, 0.25) is 5.02 Å². The van der Waals surface area contributed by atoms with Crippen LogP contribution in [0.15, 0.2) is 45.8 Å². The highest BCUT2D eigenvalue weighted by Gasteiger charge is 2.54. The highest BCUT2D eigenvalue weighted by Crippen LogP contribution is 2.43. The molecule has 3 aromatic rings. The van der Waals surface area contributed by atoms with E-state index >= 15 is 4.39 Å². The van der Waals surface area contributed by atoms with Crippen molar-refractivity contribution in [2.75, 3.05) is 29.5 Å². The molecule has 50 heavy (non-hydrogen) atoms. The van der Waals surface area contributed by atoms with Gasteiger partial charge in [-0.1, -0.05) is 41.6 Å². The number of aromatic carboxylic acids is 1. The van der Waals surface area contributed by atoms with Gasteiger partial charge in [-0.2, -0.15) is 0 Å². The number of carboxylic acid groups (broad SMARTS) is 2. The van der Waals surface area contributed by atoms with E-state index in [1.54, 1.807) is 9.47 Å². The number of aromatic nitrogens is 1. The quantitative estimate of drug-likeness (QED) is 0.173. The Labute approximate surface area is 307 Å². The summed E-state index contributed by atoms with van der Waals surface area (Å²) in [6.07, 6.45) is 3.61.